The van der Waals surface area contributed by atoms with Crippen molar-refractivity contribution in [3.05, 3.63) is 0 Å². The summed E-state index contributed by atoms with van der Waals surface area (Å²) in [6, 6.07) is 0. The Morgan fingerprint density at radius 3 is 1.86 bits per heavy atom. The minimum atomic E-state index is -4.15. The van der Waals surface area contributed by atoms with E-state index in [0.29, 0.717) is 0 Å². The largest absolute Gasteiger partial charge is 0.440 e. The third-order valence-electron chi connectivity index (χ3n) is 3.16. The zero-order chi connectivity index (χ0) is 17.1. The summed E-state index contributed by atoms with van der Waals surface area (Å²) in [5.74, 6) is -0.578. The van der Waals surface area contributed by atoms with Crippen LogP contribution in [-0.2, 0) is 14.9 Å². The third kappa shape index (κ3) is 5.01. The standard InChI is InChI=1S/C10H19NO10S/c12-4-5(13)7(15)9(8(16)6(4)14)21-10(17)11-2-1-3-22(18,19)20/h4-9,12-16H,1-3H2,(H,11,17)(H,18,19,20)/t4-,5-,6+,7+,8-,9-. The van der Waals surface area contributed by atoms with E-state index in [2.05, 4.69) is 10.1 Å². The molecule has 12 heteroatoms. The summed E-state index contributed by atoms with van der Waals surface area (Å²) in [7, 11) is -4.15. The maximum Gasteiger partial charge on any atom is 0.407 e. The van der Waals surface area contributed by atoms with Gasteiger partial charge in [-0.05, 0) is 6.42 Å². The van der Waals surface area contributed by atoms with E-state index in [0.717, 1.165) is 0 Å². The molecule has 7 N–H and O–H groups in total. The van der Waals surface area contributed by atoms with Gasteiger partial charge in [0, 0.05) is 6.54 Å². The second-order valence-corrected chi connectivity index (χ2v) is 6.46. The van der Waals surface area contributed by atoms with Gasteiger partial charge in [-0.25, -0.2) is 4.79 Å². The van der Waals surface area contributed by atoms with Crippen molar-refractivity contribution in [3.63, 3.8) is 0 Å². The van der Waals surface area contributed by atoms with E-state index in [1.165, 1.54) is 0 Å². The number of nitrogens with one attached hydrogen (secondary N) is 1. The molecule has 1 rings (SSSR count). The molecule has 22 heavy (non-hydrogen) atoms. The van der Waals surface area contributed by atoms with E-state index in [9.17, 15) is 38.7 Å². The fraction of sp³-hybridized carbons (Fsp3) is 0.900. The lowest BCUT2D eigenvalue weighted by Crippen LogP contribution is -2.64. The summed E-state index contributed by atoms with van der Waals surface area (Å²) in [6.45, 7) is -0.175. The van der Waals surface area contributed by atoms with Gasteiger partial charge >= 0.3 is 6.09 Å². The Labute approximate surface area is 125 Å². The summed E-state index contributed by atoms with van der Waals surface area (Å²) in [5.41, 5.74) is 0. The topological polar surface area (TPSA) is 194 Å². The van der Waals surface area contributed by atoms with Crippen molar-refractivity contribution >= 4 is 16.2 Å². The zero-order valence-corrected chi connectivity index (χ0v) is 12.1. The van der Waals surface area contributed by atoms with Crippen LogP contribution in [-0.4, -0.2) is 93.5 Å². The lowest BCUT2D eigenvalue weighted by molar-refractivity contribution is -0.222. The van der Waals surface area contributed by atoms with Gasteiger partial charge in [0.05, 0.1) is 5.75 Å². The first-order valence-electron chi connectivity index (χ1n) is 6.34. The number of amides is 1. The summed E-state index contributed by atoms with van der Waals surface area (Å²) in [4.78, 5) is 11.4. The lowest BCUT2D eigenvalue weighted by Gasteiger charge is -2.40. The molecule has 0 saturated heterocycles. The Morgan fingerprint density at radius 1 is 0.955 bits per heavy atom. The van der Waals surface area contributed by atoms with Gasteiger partial charge in [-0.2, -0.15) is 8.42 Å². The van der Waals surface area contributed by atoms with Gasteiger partial charge in [-0.3, -0.25) is 4.55 Å². The van der Waals surface area contributed by atoms with Crippen molar-refractivity contribution < 1.29 is 48.0 Å². The molecule has 0 radical (unpaired) electrons. The fourth-order valence-electron chi connectivity index (χ4n) is 1.95. The highest BCUT2D eigenvalue weighted by atomic mass is 32.2. The lowest BCUT2D eigenvalue weighted by atomic mass is 9.85. The van der Waals surface area contributed by atoms with Gasteiger partial charge in [0.15, 0.2) is 6.10 Å². The van der Waals surface area contributed by atoms with Crippen LogP contribution in [0.1, 0.15) is 6.42 Å². The van der Waals surface area contributed by atoms with Crippen LogP contribution >= 0.6 is 0 Å². The first-order chi connectivity index (χ1) is 10.0. The molecule has 1 fully saturated rings. The minimum Gasteiger partial charge on any atom is -0.440 e. The maximum absolute atomic E-state index is 11.4. The van der Waals surface area contributed by atoms with E-state index < -0.39 is 58.6 Å². The number of carbonyl (C=O) groups is 1. The van der Waals surface area contributed by atoms with Gasteiger partial charge in [0.25, 0.3) is 10.1 Å². The second kappa shape index (κ2) is 7.50. The third-order valence-corrected chi connectivity index (χ3v) is 3.97. The van der Waals surface area contributed by atoms with Crippen LogP contribution in [0.4, 0.5) is 4.79 Å². The van der Waals surface area contributed by atoms with E-state index in [1.807, 2.05) is 0 Å². The van der Waals surface area contributed by atoms with Crippen LogP contribution in [0, 0.1) is 0 Å². The quantitative estimate of drug-likeness (QED) is 0.192. The van der Waals surface area contributed by atoms with Crippen LogP contribution in [0.25, 0.3) is 0 Å². The Morgan fingerprint density at radius 2 is 1.41 bits per heavy atom. The number of aliphatic hydroxyl groups excluding tert-OH is 5. The van der Waals surface area contributed by atoms with Crippen molar-refractivity contribution in [2.75, 3.05) is 12.3 Å². The molecule has 0 unspecified atom stereocenters. The molecule has 6 atom stereocenters. The van der Waals surface area contributed by atoms with Crippen LogP contribution < -0.4 is 5.32 Å². The van der Waals surface area contributed by atoms with Crippen molar-refractivity contribution in [1.82, 2.24) is 5.32 Å². The highest BCUT2D eigenvalue weighted by Gasteiger charge is 2.50. The molecule has 1 aliphatic carbocycles. The number of hydrogen-bond donors (Lipinski definition) is 7. The van der Waals surface area contributed by atoms with Gasteiger partial charge < -0.3 is 35.6 Å². The van der Waals surface area contributed by atoms with E-state index in [1.54, 1.807) is 0 Å². The summed E-state index contributed by atoms with van der Waals surface area (Å²) in [6.07, 6.45) is -12.0. The summed E-state index contributed by atoms with van der Waals surface area (Å²) < 4.78 is 34.0. The Balaban J connectivity index is 2.49. The van der Waals surface area contributed by atoms with Gasteiger partial charge in [0.1, 0.15) is 30.5 Å². The number of ether oxygens (including phenoxy) is 1. The van der Waals surface area contributed by atoms with E-state index in [-0.39, 0.29) is 13.0 Å². The van der Waals surface area contributed by atoms with Crippen LogP contribution in [0.3, 0.4) is 0 Å². The van der Waals surface area contributed by atoms with Crippen molar-refractivity contribution in [2.45, 2.75) is 43.0 Å². The van der Waals surface area contributed by atoms with Gasteiger partial charge in [-0.15, -0.1) is 0 Å². The average molecular weight is 345 g/mol. The molecule has 0 heterocycles. The van der Waals surface area contributed by atoms with Gasteiger partial charge in [0.2, 0.25) is 0 Å². The molecule has 1 saturated carbocycles. The van der Waals surface area contributed by atoms with Crippen molar-refractivity contribution in [2.24, 2.45) is 0 Å². The molecule has 0 spiro atoms. The van der Waals surface area contributed by atoms with Crippen LogP contribution in [0.2, 0.25) is 0 Å². The molecular weight excluding hydrogens is 326 g/mol. The molecule has 130 valence electrons. The molecule has 0 bridgehead atoms. The molecule has 1 amide bonds. The molecule has 0 aromatic heterocycles. The molecule has 0 aromatic carbocycles. The number of aliphatic hydroxyl groups is 5. The number of carbonyl (C=O) groups excluding carboxylic acids is 1. The Kier molecular flexibility index (Phi) is 6.49. The van der Waals surface area contributed by atoms with Crippen molar-refractivity contribution in [3.8, 4) is 0 Å². The average Bonchev–Trinajstić information content (AvgIpc) is 2.43. The summed E-state index contributed by atoms with van der Waals surface area (Å²) >= 11 is 0. The highest BCUT2D eigenvalue weighted by Crippen LogP contribution is 2.23. The Bertz CT molecular complexity index is 466. The second-order valence-electron chi connectivity index (χ2n) is 4.89. The van der Waals surface area contributed by atoms with E-state index in [4.69, 9.17) is 4.55 Å². The van der Waals surface area contributed by atoms with E-state index >= 15 is 0 Å². The maximum atomic E-state index is 11.4. The zero-order valence-electron chi connectivity index (χ0n) is 11.3. The van der Waals surface area contributed by atoms with Crippen LogP contribution in [0.15, 0.2) is 0 Å². The van der Waals surface area contributed by atoms with Crippen molar-refractivity contribution in [1.29, 1.82) is 0 Å². The molecular formula is C10H19NO10S. The number of hydrogen-bond acceptors (Lipinski definition) is 9. The minimum absolute atomic E-state index is 0.104. The van der Waals surface area contributed by atoms with Crippen LogP contribution in [0.5, 0.6) is 0 Å². The SMILES string of the molecule is O=C(NCCCS(=O)(=O)O)O[C@H]1[C@H](O)[C@@H](O)[C@H](O)[C@@H](O)[C@@H]1O. The summed E-state index contributed by atoms with van der Waals surface area (Å²) in [5, 5.41) is 49.6. The number of alkyl carbamates (subject to hydrolysis) is 1. The molecule has 0 aromatic rings. The predicted octanol–water partition coefficient (Wildman–Crippen LogP) is -3.82. The Hall–Kier alpha value is -1.02. The molecule has 1 aliphatic rings. The fourth-order valence-corrected chi connectivity index (χ4v) is 2.46. The normalized spacial score (nSPS) is 35.9. The first-order valence-corrected chi connectivity index (χ1v) is 7.95. The smallest absolute Gasteiger partial charge is 0.407 e. The highest BCUT2D eigenvalue weighted by molar-refractivity contribution is 7.85. The van der Waals surface area contributed by atoms with Gasteiger partial charge in [-0.1, -0.05) is 0 Å². The first kappa shape index (κ1) is 19.0. The monoisotopic (exact) mass is 345 g/mol. The number of rotatable bonds is 5. The predicted molar refractivity (Wildman–Crippen MR) is 69.3 cm³/mol. The molecule has 11 nitrogen and oxygen atoms in total. The molecule has 0 aliphatic heterocycles.